The van der Waals surface area contributed by atoms with Crippen LogP contribution in [0.4, 0.5) is 0 Å². The molecule has 6 nitrogen and oxygen atoms in total. The van der Waals surface area contributed by atoms with Crippen LogP contribution in [-0.2, 0) is 14.1 Å². The number of rotatable bonds is 1. The van der Waals surface area contributed by atoms with Crippen molar-refractivity contribution in [2.75, 3.05) is 0 Å². The summed E-state index contributed by atoms with van der Waals surface area (Å²) in [6.45, 7) is 0. The molecule has 0 amide bonds. The van der Waals surface area contributed by atoms with Crippen molar-refractivity contribution < 1.29 is 4.42 Å². The summed E-state index contributed by atoms with van der Waals surface area (Å²) in [7, 11) is 3.41. The van der Waals surface area contributed by atoms with Gasteiger partial charge in [-0.2, -0.15) is 10.4 Å². The largest absolute Gasteiger partial charge is 0.419 e. The average Bonchev–Trinajstić information content (AvgIpc) is 2.87. The van der Waals surface area contributed by atoms with Crippen molar-refractivity contribution in [1.82, 2.24) is 14.3 Å². The van der Waals surface area contributed by atoms with E-state index in [4.69, 9.17) is 9.68 Å². The fourth-order valence-corrected chi connectivity index (χ4v) is 2.81. The first kappa shape index (κ1) is 12.7. The number of nitrogens with zero attached hydrogens (tertiary/aromatic N) is 4. The van der Waals surface area contributed by atoms with E-state index in [9.17, 15) is 4.79 Å². The number of aryl methyl sites for hydroxylation is 2. The quantitative estimate of drug-likeness (QED) is 0.684. The van der Waals surface area contributed by atoms with Crippen molar-refractivity contribution in [3.05, 3.63) is 38.9 Å². The van der Waals surface area contributed by atoms with Crippen LogP contribution in [-0.4, -0.2) is 14.3 Å². The summed E-state index contributed by atoms with van der Waals surface area (Å²) in [4.78, 5) is 11.5. The van der Waals surface area contributed by atoms with Gasteiger partial charge in [-0.1, -0.05) is 0 Å². The molecular weight excluding hydrogens is 324 g/mol. The molecule has 20 heavy (non-hydrogen) atoms. The summed E-state index contributed by atoms with van der Waals surface area (Å²) in [5, 5.41) is 13.1. The Hall–Kier alpha value is -2.33. The highest BCUT2D eigenvalue weighted by atomic mass is 79.9. The molecule has 0 N–H and O–H groups in total. The Morgan fingerprint density at radius 2 is 2.15 bits per heavy atom. The minimum Gasteiger partial charge on any atom is -0.408 e. The van der Waals surface area contributed by atoms with E-state index in [1.54, 1.807) is 24.8 Å². The van der Waals surface area contributed by atoms with Crippen LogP contribution in [0.5, 0.6) is 0 Å². The Morgan fingerprint density at radius 1 is 1.40 bits per heavy atom. The Labute approximate surface area is 122 Å². The van der Waals surface area contributed by atoms with Crippen LogP contribution < -0.4 is 5.76 Å². The molecule has 0 saturated heterocycles. The van der Waals surface area contributed by atoms with Crippen LogP contribution in [0.1, 0.15) is 5.69 Å². The van der Waals surface area contributed by atoms with Crippen LogP contribution in [0.2, 0.25) is 0 Å². The van der Waals surface area contributed by atoms with Gasteiger partial charge < -0.3 is 4.42 Å². The van der Waals surface area contributed by atoms with E-state index in [0.29, 0.717) is 21.3 Å². The zero-order chi connectivity index (χ0) is 14.4. The molecular formula is C13H9BrN4O2. The summed E-state index contributed by atoms with van der Waals surface area (Å²) in [6, 6.07) is 7.42. The lowest BCUT2D eigenvalue weighted by molar-refractivity contribution is 0.528. The van der Waals surface area contributed by atoms with Gasteiger partial charge in [0.05, 0.1) is 15.7 Å². The topological polar surface area (TPSA) is 76.8 Å². The molecule has 2 aromatic heterocycles. The number of hydrogen-bond acceptors (Lipinski definition) is 4. The van der Waals surface area contributed by atoms with Crippen molar-refractivity contribution >= 4 is 27.0 Å². The lowest BCUT2D eigenvalue weighted by atomic mass is 10.1. The first-order valence-electron chi connectivity index (χ1n) is 5.75. The first-order chi connectivity index (χ1) is 9.52. The van der Waals surface area contributed by atoms with Crippen molar-refractivity contribution in [3.8, 4) is 17.3 Å². The van der Waals surface area contributed by atoms with Gasteiger partial charge in [0.25, 0.3) is 0 Å². The second kappa shape index (κ2) is 4.35. The standard InChI is InChI=1S/C13H9BrN4O2/c1-17-9-5-7(3-4-10(9)20-13(17)19)12-11(14)8(6-15)16-18(12)2/h3-5H,1-2H3. The van der Waals surface area contributed by atoms with Crippen molar-refractivity contribution in [2.45, 2.75) is 0 Å². The van der Waals surface area contributed by atoms with Crippen LogP contribution in [0, 0.1) is 11.3 Å². The number of benzene rings is 1. The molecule has 0 atom stereocenters. The maximum atomic E-state index is 11.5. The first-order valence-corrected chi connectivity index (χ1v) is 6.54. The van der Waals surface area contributed by atoms with E-state index in [2.05, 4.69) is 21.0 Å². The fraction of sp³-hybridized carbons (Fsp3) is 0.154. The minimum atomic E-state index is -0.404. The van der Waals surface area contributed by atoms with Crippen molar-refractivity contribution in [1.29, 1.82) is 5.26 Å². The van der Waals surface area contributed by atoms with Gasteiger partial charge in [-0.05, 0) is 34.1 Å². The molecule has 0 radical (unpaired) electrons. The van der Waals surface area contributed by atoms with Gasteiger partial charge in [0, 0.05) is 19.7 Å². The monoisotopic (exact) mass is 332 g/mol. The molecule has 0 spiro atoms. The molecule has 0 aliphatic rings. The zero-order valence-corrected chi connectivity index (χ0v) is 12.3. The van der Waals surface area contributed by atoms with Crippen molar-refractivity contribution in [3.63, 3.8) is 0 Å². The molecule has 0 saturated carbocycles. The maximum Gasteiger partial charge on any atom is 0.419 e. The summed E-state index contributed by atoms with van der Waals surface area (Å²) < 4.78 is 8.80. The van der Waals surface area contributed by atoms with E-state index in [1.165, 1.54) is 4.57 Å². The number of nitriles is 1. The molecule has 0 aliphatic carbocycles. The van der Waals surface area contributed by atoms with Crippen molar-refractivity contribution in [2.24, 2.45) is 14.1 Å². The van der Waals surface area contributed by atoms with Gasteiger partial charge in [-0.15, -0.1) is 0 Å². The third-order valence-corrected chi connectivity index (χ3v) is 3.91. The van der Waals surface area contributed by atoms with Gasteiger partial charge in [-0.3, -0.25) is 9.25 Å². The van der Waals surface area contributed by atoms with E-state index >= 15 is 0 Å². The molecule has 0 unspecified atom stereocenters. The van der Waals surface area contributed by atoms with E-state index in [-0.39, 0.29) is 0 Å². The molecule has 1 aromatic carbocycles. The number of halogens is 1. The second-order valence-electron chi connectivity index (χ2n) is 4.36. The van der Waals surface area contributed by atoms with E-state index < -0.39 is 5.76 Å². The van der Waals surface area contributed by atoms with E-state index in [0.717, 1.165) is 11.3 Å². The highest BCUT2D eigenvalue weighted by molar-refractivity contribution is 9.10. The number of oxazole rings is 1. The molecule has 0 bridgehead atoms. The highest BCUT2D eigenvalue weighted by Gasteiger charge is 2.16. The van der Waals surface area contributed by atoms with Gasteiger partial charge in [-0.25, -0.2) is 4.79 Å². The molecule has 100 valence electrons. The van der Waals surface area contributed by atoms with Crippen LogP contribution >= 0.6 is 15.9 Å². The molecule has 2 heterocycles. The third kappa shape index (κ3) is 1.69. The van der Waals surface area contributed by atoms with Gasteiger partial charge in [0.15, 0.2) is 11.3 Å². The Bertz CT molecular complexity index is 926. The Balaban J connectivity index is 2.31. The van der Waals surface area contributed by atoms with Crippen LogP contribution in [0.3, 0.4) is 0 Å². The molecule has 3 rings (SSSR count). The summed E-state index contributed by atoms with van der Waals surface area (Å²) in [5.41, 5.74) is 3.16. The lowest BCUT2D eigenvalue weighted by Crippen LogP contribution is -2.08. The normalized spacial score (nSPS) is 10.9. The number of fused-ring (bicyclic) bond motifs is 1. The summed E-state index contributed by atoms with van der Waals surface area (Å²) >= 11 is 3.39. The van der Waals surface area contributed by atoms with Crippen LogP contribution in [0.25, 0.3) is 22.4 Å². The number of hydrogen-bond donors (Lipinski definition) is 0. The van der Waals surface area contributed by atoms with Gasteiger partial charge in [0.1, 0.15) is 6.07 Å². The van der Waals surface area contributed by atoms with E-state index in [1.807, 2.05) is 18.2 Å². The SMILES string of the molecule is Cn1nc(C#N)c(Br)c1-c1ccc2oc(=O)n(C)c2c1. The third-order valence-electron chi connectivity index (χ3n) is 3.16. The maximum absolute atomic E-state index is 11.5. The molecule has 0 fully saturated rings. The second-order valence-corrected chi connectivity index (χ2v) is 5.15. The fourth-order valence-electron chi connectivity index (χ4n) is 2.16. The minimum absolute atomic E-state index is 0.323. The average molecular weight is 333 g/mol. The highest BCUT2D eigenvalue weighted by Crippen LogP contribution is 2.31. The predicted octanol–water partition coefficient (Wildman–Crippen LogP) is 2.17. The zero-order valence-electron chi connectivity index (χ0n) is 10.7. The smallest absolute Gasteiger partial charge is 0.408 e. The lowest BCUT2D eigenvalue weighted by Gasteiger charge is -2.03. The summed E-state index contributed by atoms with van der Waals surface area (Å²) in [6.07, 6.45) is 0. The summed E-state index contributed by atoms with van der Waals surface area (Å²) in [5.74, 6) is -0.404. The predicted molar refractivity (Wildman–Crippen MR) is 76.1 cm³/mol. The molecule has 0 aliphatic heterocycles. The Morgan fingerprint density at radius 3 is 2.80 bits per heavy atom. The van der Waals surface area contributed by atoms with Gasteiger partial charge in [0.2, 0.25) is 0 Å². The van der Waals surface area contributed by atoms with Gasteiger partial charge >= 0.3 is 5.76 Å². The molecule has 3 aromatic rings. The Kier molecular flexibility index (Phi) is 2.76. The molecule has 7 heteroatoms. The number of aromatic nitrogens is 3. The van der Waals surface area contributed by atoms with Crippen LogP contribution in [0.15, 0.2) is 31.9 Å².